The second-order valence-corrected chi connectivity index (χ2v) is 8.96. The second kappa shape index (κ2) is 7.23. The van der Waals surface area contributed by atoms with E-state index < -0.39 is 10.0 Å². The standard InChI is InChI=1S/C18H26N2O3S/c1-15-9-12-19(13-10-15)18(21)16-6-5-11-20(14-16)24(22,23)17-7-3-2-4-8-17/h2-4,7-8,15-16H,5-6,9-14H2,1H3/t16-/m0/s1. The van der Waals surface area contributed by atoms with Crippen LogP contribution in [0.2, 0.25) is 0 Å². The third kappa shape index (κ3) is 3.64. The summed E-state index contributed by atoms with van der Waals surface area (Å²) in [7, 11) is -3.51. The number of piperidine rings is 2. The van der Waals surface area contributed by atoms with Gasteiger partial charge in [0.15, 0.2) is 0 Å². The molecule has 0 unspecified atom stereocenters. The van der Waals surface area contributed by atoms with E-state index in [1.165, 1.54) is 4.31 Å². The molecule has 24 heavy (non-hydrogen) atoms. The van der Waals surface area contributed by atoms with Crippen LogP contribution in [0.5, 0.6) is 0 Å². The minimum absolute atomic E-state index is 0.134. The SMILES string of the molecule is CC1CCN(C(=O)[C@H]2CCCN(S(=O)(=O)c3ccccc3)C2)CC1. The van der Waals surface area contributed by atoms with Crippen molar-refractivity contribution in [1.82, 2.24) is 9.21 Å². The van der Waals surface area contributed by atoms with Crippen molar-refractivity contribution in [2.45, 2.75) is 37.5 Å². The van der Waals surface area contributed by atoms with Crippen molar-refractivity contribution < 1.29 is 13.2 Å². The van der Waals surface area contributed by atoms with Crippen LogP contribution in [0.1, 0.15) is 32.6 Å². The zero-order chi connectivity index (χ0) is 17.2. The monoisotopic (exact) mass is 350 g/mol. The summed E-state index contributed by atoms with van der Waals surface area (Å²) in [6.07, 6.45) is 3.62. The number of benzene rings is 1. The van der Waals surface area contributed by atoms with E-state index in [9.17, 15) is 13.2 Å². The summed E-state index contributed by atoms with van der Waals surface area (Å²) in [6.45, 7) is 4.64. The molecule has 0 saturated carbocycles. The lowest BCUT2D eigenvalue weighted by Gasteiger charge is -2.36. The van der Waals surface area contributed by atoms with Crippen LogP contribution >= 0.6 is 0 Å². The molecule has 2 fully saturated rings. The lowest BCUT2D eigenvalue weighted by atomic mass is 9.94. The van der Waals surface area contributed by atoms with Crippen molar-refractivity contribution >= 4 is 15.9 Å². The predicted molar refractivity (Wildman–Crippen MR) is 92.9 cm³/mol. The van der Waals surface area contributed by atoms with E-state index in [1.54, 1.807) is 30.3 Å². The molecule has 1 atom stereocenters. The average molecular weight is 350 g/mol. The Kier molecular flexibility index (Phi) is 5.25. The molecule has 2 heterocycles. The molecule has 1 amide bonds. The van der Waals surface area contributed by atoms with E-state index in [-0.39, 0.29) is 11.8 Å². The van der Waals surface area contributed by atoms with Crippen LogP contribution in [0, 0.1) is 11.8 Å². The molecule has 2 aliphatic rings. The Bertz CT molecular complexity index is 667. The molecule has 6 heteroatoms. The summed E-state index contributed by atoms with van der Waals surface area (Å²) in [6, 6.07) is 8.50. The summed E-state index contributed by atoms with van der Waals surface area (Å²) >= 11 is 0. The highest BCUT2D eigenvalue weighted by Gasteiger charge is 2.35. The van der Waals surface area contributed by atoms with Crippen molar-refractivity contribution in [1.29, 1.82) is 0 Å². The van der Waals surface area contributed by atoms with Gasteiger partial charge in [-0.2, -0.15) is 4.31 Å². The van der Waals surface area contributed by atoms with E-state index >= 15 is 0 Å². The van der Waals surface area contributed by atoms with Gasteiger partial charge < -0.3 is 4.90 Å². The van der Waals surface area contributed by atoms with Crippen molar-refractivity contribution in [3.63, 3.8) is 0 Å². The van der Waals surface area contributed by atoms with Crippen LogP contribution in [0.25, 0.3) is 0 Å². The molecule has 0 bridgehead atoms. The number of amides is 1. The number of rotatable bonds is 3. The van der Waals surface area contributed by atoms with Gasteiger partial charge in [-0.3, -0.25) is 4.79 Å². The van der Waals surface area contributed by atoms with E-state index in [2.05, 4.69) is 6.92 Å². The summed E-state index contributed by atoms with van der Waals surface area (Å²) < 4.78 is 27.0. The van der Waals surface area contributed by atoms with Crippen LogP contribution in [0.3, 0.4) is 0 Å². The van der Waals surface area contributed by atoms with Crippen molar-refractivity contribution in [2.75, 3.05) is 26.2 Å². The molecule has 0 aromatic heterocycles. The van der Waals surface area contributed by atoms with E-state index in [0.29, 0.717) is 23.9 Å². The normalized spacial score (nSPS) is 24.0. The topological polar surface area (TPSA) is 57.7 Å². The average Bonchev–Trinajstić information content (AvgIpc) is 2.62. The molecular weight excluding hydrogens is 324 g/mol. The first-order valence-electron chi connectivity index (χ1n) is 8.82. The largest absolute Gasteiger partial charge is 0.342 e. The smallest absolute Gasteiger partial charge is 0.243 e. The molecule has 2 saturated heterocycles. The van der Waals surface area contributed by atoms with Crippen LogP contribution in [-0.2, 0) is 14.8 Å². The fourth-order valence-electron chi connectivity index (χ4n) is 3.59. The van der Waals surface area contributed by atoms with Crippen molar-refractivity contribution in [3.05, 3.63) is 30.3 Å². The second-order valence-electron chi connectivity index (χ2n) is 7.02. The number of hydrogen-bond acceptors (Lipinski definition) is 3. The maximum Gasteiger partial charge on any atom is 0.243 e. The lowest BCUT2D eigenvalue weighted by Crippen LogP contribution is -2.48. The molecule has 0 spiro atoms. The molecule has 0 aliphatic carbocycles. The van der Waals surface area contributed by atoms with Gasteiger partial charge in [0, 0.05) is 26.2 Å². The highest BCUT2D eigenvalue weighted by molar-refractivity contribution is 7.89. The number of likely N-dealkylation sites (tertiary alicyclic amines) is 1. The number of sulfonamides is 1. The van der Waals surface area contributed by atoms with Crippen LogP contribution in [0.4, 0.5) is 0 Å². The van der Waals surface area contributed by atoms with Crippen LogP contribution in [-0.4, -0.2) is 49.7 Å². The van der Waals surface area contributed by atoms with Crippen molar-refractivity contribution in [3.8, 4) is 0 Å². The van der Waals surface area contributed by atoms with Gasteiger partial charge in [-0.05, 0) is 43.7 Å². The molecule has 3 rings (SSSR count). The zero-order valence-electron chi connectivity index (χ0n) is 14.2. The number of carbonyl (C=O) groups is 1. The van der Waals surface area contributed by atoms with Gasteiger partial charge in [-0.25, -0.2) is 8.42 Å². The Labute approximate surface area is 144 Å². The Balaban J connectivity index is 1.69. The Hall–Kier alpha value is -1.40. The Morgan fingerprint density at radius 1 is 1.04 bits per heavy atom. The number of hydrogen-bond donors (Lipinski definition) is 0. The first kappa shape index (κ1) is 17.4. The van der Waals surface area contributed by atoms with Gasteiger partial charge >= 0.3 is 0 Å². The van der Waals surface area contributed by atoms with Gasteiger partial charge in [-0.1, -0.05) is 25.1 Å². The summed E-state index contributed by atoms with van der Waals surface area (Å²) in [5.74, 6) is 0.607. The predicted octanol–water partition coefficient (Wildman–Crippen LogP) is 2.35. The molecule has 5 nitrogen and oxygen atoms in total. The third-order valence-corrected chi connectivity index (χ3v) is 7.09. The Morgan fingerprint density at radius 3 is 2.38 bits per heavy atom. The van der Waals surface area contributed by atoms with E-state index in [1.807, 2.05) is 4.90 Å². The molecule has 132 valence electrons. The fourth-order valence-corrected chi connectivity index (χ4v) is 5.14. The first-order chi connectivity index (χ1) is 11.5. The first-order valence-corrected chi connectivity index (χ1v) is 10.3. The zero-order valence-corrected chi connectivity index (χ0v) is 15.0. The maximum absolute atomic E-state index is 12.8. The summed E-state index contributed by atoms with van der Waals surface area (Å²) in [5, 5.41) is 0. The maximum atomic E-state index is 12.8. The minimum Gasteiger partial charge on any atom is -0.342 e. The highest BCUT2D eigenvalue weighted by Crippen LogP contribution is 2.26. The minimum atomic E-state index is -3.51. The molecule has 0 N–H and O–H groups in total. The van der Waals surface area contributed by atoms with Gasteiger partial charge in [0.2, 0.25) is 15.9 Å². The number of carbonyl (C=O) groups excluding carboxylic acids is 1. The summed E-state index contributed by atoms with van der Waals surface area (Å²) in [4.78, 5) is 15.0. The lowest BCUT2D eigenvalue weighted by molar-refractivity contribution is -0.138. The van der Waals surface area contributed by atoms with Gasteiger partial charge in [0.25, 0.3) is 0 Å². The van der Waals surface area contributed by atoms with Gasteiger partial charge in [0.1, 0.15) is 0 Å². The Morgan fingerprint density at radius 2 is 1.71 bits per heavy atom. The molecule has 1 aromatic carbocycles. The third-order valence-electron chi connectivity index (χ3n) is 5.21. The molecular formula is C18H26N2O3S. The van der Waals surface area contributed by atoms with Crippen molar-refractivity contribution in [2.24, 2.45) is 11.8 Å². The van der Waals surface area contributed by atoms with Gasteiger partial charge in [0.05, 0.1) is 10.8 Å². The summed E-state index contributed by atoms with van der Waals surface area (Å²) in [5.41, 5.74) is 0. The fraction of sp³-hybridized carbons (Fsp3) is 0.611. The molecule has 2 aliphatic heterocycles. The van der Waals surface area contributed by atoms with E-state index in [4.69, 9.17) is 0 Å². The number of nitrogens with zero attached hydrogens (tertiary/aromatic N) is 2. The van der Waals surface area contributed by atoms with Crippen LogP contribution < -0.4 is 0 Å². The highest BCUT2D eigenvalue weighted by atomic mass is 32.2. The van der Waals surface area contributed by atoms with E-state index in [0.717, 1.165) is 38.8 Å². The quantitative estimate of drug-likeness (QED) is 0.841. The van der Waals surface area contributed by atoms with Crippen LogP contribution in [0.15, 0.2) is 35.2 Å². The van der Waals surface area contributed by atoms with Gasteiger partial charge in [-0.15, -0.1) is 0 Å². The molecule has 0 radical (unpaired) electrons. The molecule has 1 aromatic rings.